The summed E-state index contributed by atoms with van der Waals surface area (Å²) in [5.74, 6) is 1.73. The lowest BCUT2D eigenvalue weighted by atomic mass is 9.84. The highest BCUT2D eigenvalue weighted by Gasteiger charge is 2.21. The van der Waals surface area contributed by atoms with E-state index in [0.29, 0.717) is 0 Å². The van der Waals surface area contributed by atoms with Gasteiger partial charge in [0.05, 0.1) is 6.61 Å². The maximum absolute atomic E-state index is 5.85. The van der Waals surface area contributed by atoms with Crippen LogP contribution in [0.2, 0.25) is 0 Å². The molecule has 0 spiro atoms. The topological polar surface area (TPSA) is 9.23 Å². The van der Waals surface area contributed by atoms with E-state index >= 15 is 0 Å². The van der Waals surface area contributed by atoms with Gasteiger partial charge in [0.25, 0.3) is 0 Å². The molecule has 1 aliphatic carbocycles. The SMILES string of the molecule is CC.C\C=C/C(=C\C=C\C(C)(C)c1ccccc1)OCC1CC1. The van der Waals surface area contributed by atoms with Crippen molar-refractivity contribution in [1.82, 2.24) is 0 Å². The van der Waals surface area contributed by atoms with E-state index in [-0.39, 0.29) is 5.41 Å². The highest BCUT2D eigenvalue weighted by molar-refractivity contribution is 5.30. The second kappa shape index (κ2) is 10.1. The first-order valence-electron chi connectivity index (χ1n) is 8.82. The predicted molar refractivity (Wildman–Crippen MR) is 102 cm³/mol. The maximum atomic E-state index is 5.85. The molecule has 2 rings (SSSR count). The van der Waals surface area contributed by atoms with E-state index in [4.69, 9.17) is 4.74 Å². The van der Waals surface area contributed by atoms with E-state index in [1.807, 2.05) is 32.9 Å². The molecular weight excluding hydrogens is 280 g/mol. The molecule has 0 saturated heterocycles. The molecule has 1 fully saturated rings. The van der Waals surface area contributed by atoms with Gasteiger partial charge in [-0.1, -0.05) is 76.3 Å². The van der Waals surface area contributed by atoms with Crippen LogP contribution < -0.4 is 0 Å². The third-order valence-corrected chi connectivity index (χ3v) is 3.80. The Morgan fingerprint density at radius 1 is 1.17 bits per heavy atom. The summed E-state index contributed by atoms with van der Waals surface area (Å²) in [6, 6.07) is 10.6. The second-order valence-electron chi connectivity index (χ2n) is 6.27. The van der Waals surface area contributed by atoms with Crippen LogP contribution in [0.1, 0.15) is 53.0 Å². The van der Waals surface area contributed by atoms with Crippen LogP contribution in [0.25, 0.3) is 0 Å². The minimum atomic E-state index is 0.0231. The van der Waals surface area contributed by atoms with E-state index in [0.717, 1.165) is 18.3 Å². The Bertz CT molecular complexity index is 516. The number of hydrogen-bond acceptors (Lipinski definition) is 1. The van der Waals surface area contributed by atoms with Gasteiger partial charge in [0.15, 0.2) is 0 Å². The number of hydrogen-bond donors (Lipinski definition) is 0. The van der Waals surface area contributed by atoms with Crippen molar-refractivity contribution in [3.63, 3.8) is 0 Å². The van der Waals surface area contributed by atoms with Gasteiger partial charge in [-0.2, -0.15) is 0 Å². The minimum absolute atomic E-state index is 0.0231. The van der Waals surface area contributed by atoms with Gasteiger partial charge >= 0.3 is 0 Å². The van der Waals surface area contributed by atoms with Crippen molar-refractivity contribution in [3.8, 4) is 0 Å². The normalized spacial score (nSPS) is 15.6. The Balaban J connectivity index is 0.00000127. The summed E-state index contributed by atoms with van der Waals surface area (Å²) in [5, 5.41) is 0. The maximum Gasteiger partial charge on any atom is 0.118 e. The van der Waals surface area contributed by atoms with Gasteiger partial charge in [-0.3, -0.25) is 0 Å². The van der Waals surface area contributed by atoms with E-state index in [1.54, 1.807) is 0 Å². The molecule has 0 amide bonds. The molecule has 0 heterocycles. The van der Waals surface area contributed by atoms with Crippen LogP contribution in [0.5, 0.6) is 0 Å². The van der Waals surface area contributed by atoms with Crippen LogP contribution in [0.4, 0.5) is 0 Å². The van der Waals surface area contributed by atoms with Crippen molar-refractivity contribution in [2.45, 2.75) is 52.9 Å². The lowest BCUT2D eigenvalue weighted by molar-refractivity contribution is 0.211. The third-order valence-electron chi connectivity index (χ3n) is 3.80. The average Bonchev–Trinajstić information content (AvgIpc) is 3.39. The Labute approximate surface area is 142 Å². The molecule has 1 aromatic rings. The summed E-state index contributed by atoms with van der Waals surface area (Å²) >= 11 is 0. The largest absolute Gasteiger partial charge is 0.493 e. The lowest BCUT2D eigenvalue weighted by Gasteiger charge is -2.20. The molecule has 1 nitrogen and oxygen atoms in total. The Kier molecular flexibility index (Phi) is 8.47. The molecule has 0 N–H and O–H groups in total. The van der Waals surface area contributed by atoms with Crippen LogP contribution in [0, 0.1) is 5.92 Å². The zero-order valence-electron chi connectivity index (χ0n) is 15.4. The first-order valence-corrected chi connectivity index (χ1v) is 8.82. The molecule has 0 unspecified atom stereocenters. The molecule has 1 heteroatoms. The zero-order chi connectivity index (χ0) is 17.1. The summed E-state index contributed by atoms with van der Waals surface area (Å²) < 4.78 is 5.85. The Morgan fingerprint density at radius 3 is 2.39 bits per heavy atom. The van der Waals surface area contributed by atoms with E-state index < -0.39 is 0 Å². The molecule has 1 aromatic carbocycles. The highest BCUT2D eigenvalue weighted by atomic mass is 16.5. The van der Waals surface area contributed by atoms with E-state index in [2.05, 4.69) is 62.4 Å². The molecular formula is C22H32O. The fraction of sp³-hybridized carbons (Fsp3) is 0.455. The molecule has 0 atom stereocenters. The molecule has 0 radical (unpaired) electrons. The first-order chi connectivity index (χ1) is 11.1. The third kappa shape index (κ3) is 7.36. The van der Waals surface area contributed by atoms with Gasteiger partial charge in [-0.15, -0.1) is 0 Å². The van der Waals surface area contributed by atoms with Gasteiger partial charge in [0.1, 0.15) is 5.76 Å². The Morgan fingerprint density at radius 2 is 1.83 bits per heavy atom. The summed E-state index contributed by atoms with van der Waals surface area (Å²) in [5.41, 5.74) is 1.34. The van der Waals surface area contributed by atoms with Gasteiger partial charge in [0.2, 0.25) is 0 Å². The average molecular weight is 312 g/mol. The fourth-order valence-corrected chi connectivity index (χ4v) is 2.16. The number of ether oxygens (including phenoxy) is 1. The van der Waals surface area contributed by atoms with Gasteiger partial charge in [-0.05, 0) is 43.4 Å². The second-order valence-corrected chi connectivity index (χ2v) is 6.27. The lowest BCUT2D eigenvalue weighted by Crippen LogP contribution is -2.12. The van der Waals surface area contributed by atoms with E-state index in [1.165, 1.54) is 18.4 Å². The fourth-order valence-electron chi connectivity index (χ4n) is 2.16. The van der Waals surface area contributed by atoms with Gasteiger partial charge in [0, 0.05) is 5.41 Å². The van der Waals surface area contributed by atoms with E-state index in [9.17, 15) is 0 Å². The van der Waals surface area contributed by atoms with Crippen molar-refractivity contribution >= 4 is 0 Å². The van der Waals surface area contributed by atoms with Crippen LogP contribution in [-0.2, 0) is 10.2 Å². The summed E-state index contributed by atoms with van der Waals surface area (Å²) in [7, 11) is 0. The van der Waals surface area contributed by atoms with Crippen LogP contribution >= 0.6 is 0 Å². The molecule has 0 aliphatic heterocycles. The van der Waals surface area contributed by atoms with Gasteiger partial charge < -0.3 is 4.74 Å². The standard InChI is InChI=1S/C20H26O.C2H6/c1-4-9-19(21-16-17-13-14-17)12-8-15-20(2,3)18-10-6-5-7-11-18;1-2/h4-12,15,17H,13-14,16H2,1-3H3;1-2H3/b9-4-,15-8+,19-12+;. The van der Waals surface area contributed by atoms with Crippen molar-refractivity contribution in [1.29, 1.82) is 0 Å². The van der Waals surface area contributed by atoms with Crippen molar-refractivity contribution in [2.24, 2.45) is 5.92 Å². The van der Waals surface area contributed by atoms with Crippen LogP contribution in [-0.4, -0.2) is 6.61 Å². The molecule has 0 aromatic heterocycles. The molecule has 126 valence electrons. The van der Waals surface area contributed by atoms with Crippen LogP contribution in [0.15, 0.2) is 66.5 Å². The molecule has 1 saturated carbocycles. The van der Waals surface area contributed by atoms with Crippen molar-refractivity contribution in [3.05, 3.63) is 72.0 Å². The minimum Gasteiger partial charge on any atom is -0.493 e. The van der Waals surface area contributed by atoms with Crippen LogP contribution in [0.3, 0.4) is 0 Å². The number of rotatable bonds is 7. The highest BCUT2D eigenvalue weighted by Crippen LogP contribution is 2.29. The summed E-state index contributed by atoms with van der Waals surface area (Å²) in [4.78, 5) is 0. The van der Waals surface area contributed by atoms with Crippen molar-refractivity contribution in [2.75, 3.05) is 6.61 Å². The quantitative estimate of drug-likeness (QED) is 0.416. The predicted octanol–water partition coefficient (Wildman–Crippen LogP) is 6.43. The van der Waals surface area contributed by atoms with Gasteiger partial charge in [-0.25, -0.2) is 0 Å². The zero-order valence-corrected chi connectivity index (χ0v) is 15.4. The molecule has 1 aliphatic rings. The molecule has 0 bridgehead atoms. The first kappa shape index (κ1) is 19.3. The Hall–Kier alpha value is -1.76. The number of benzene rings is 1. The van der Waals surface area contributed by atoms with Crippen molar-refractivity contribution < 1.29 is 4.74 Å². The monoisotopic (exact) mass is 312 g/mol. The number of allylic oxidation sites excluding steroid dienone is 5. The summed E-state index contributed by atoms with van der Waals surface area (Å²) in [6.07, 6.45) is 13.1. The smallest absolute Gasteiger partial charge is 0.118 e. The summed E-state index contributed by atoms with van der Waals surface area (Å²) in [6.45, 7) is 11.3. The molecule has 23 heavy (non-hydrogen) atoms.